The molecule has 2 N–H and O–H groups in total. The maximum absolute atomic E-state index is 13.7. The van der Waals surface area contributed by atoms with E-state index in [2.05, 4.69) is 4.98 Å². The molecule has 0 bridgehead atoms. The molecule has 0 saturated heterocycles. The molecule has 7 nitrogen and oxygen atoms in total. The average molecular weight is 471 g/mol. The lowest BCUT2D eigenvalue weighted by molar-refractivity contribution is -0.135. The minimum atomic E-state index is -0.701. The normalized spacial score (nSPS) is 15.2. The highest BCUT2D eigenvalue weighted by Gasteiger charge is 2.34. The average Bonchev–Trinajstić information content (AvgIpc) is 2.79. The standard InChI is InChI=1S/C28H26N2O5/c1-15-10-16(2)26-19(11-15)13-22(27(33)29-26)21-14-24(32)35-23-12-17(3)30(28(34)25(21)23)9-8-18-4-6-20(31)7-5-18/h4-7,10-13,21,31H,8-9,14H2,1-3H3,(H,29,33)/t21-/m1/s1. The molecule has 35 heavy (non-hydrogen) atoms. The Balaban J connectivity index is 1.62. The topological polar surface area (TPSA) is 101 Å². The molecule has 4 aromatic rings. The third-order valence-corrected chi connectivity index (χ3v) is 6.71. The number of hydrogen-bond acceptors (Lipinski definition) is 5. The number of nitrogens with zero attached hydrogens (tertiary/aromatic N) is 1. The van der Waals surface area contributed by atoms with E-state index >= 15 is 0 Å². The third kappa shape index (κ3) is 4.14. The maximum Gasteiger partial charge on any atom is 0.312 e. The zero-order chi connectivity index (χ0) is 24.9. The number of nitrogens with one attached hydrogen (secondary N) is 1. The lowest BCUT2D eigenvalue weighted by atomic mass is 9.86. The van der Waals surface area contributed by atoms with Crippen molar-refractivity contribution in [3.63, 3.8) is 0 Å². The number of esters is 1. The Kier molecular flexibility index (Phi) is 5.55. The SMILES string of the molecule is Cc1cc(C)c2[nH]c(=O)c([C@H]3CC(=O)Oc4cc(C)n(CCc5ccc(O)cc5)c(=O)c43)cc2c1. The van der Waals surface area contributed by atoms with Crippen LogP contribution in [0.1, 0.15) is 45.8 Å². The first kappa shape index (κ1) is 22.7. The molecule has 0 unspecified atom stereocenters. The number of carbonyl (C=O) groups excluding carboxylic acids is 1. The van der Waals surface area contributed by atoms with Crippen LogP contribution in [0.2, 0.25) is 0 Å². The number of carbonyl (C=O) groups is 1. The van der Waals surface area contributed by atoms with Crippen molar-refractivity contribution in [1.29, 1.82) is 0 Å². The summed E-state index contributed by atoms with van der Waals surface area (Å²) < 4.78 is 7.10. The number of phenolic OH excluding ortho intramolecular Hbond substituents is 1. The number of pyridine rings is 2. The predicted molar refractivity (Wildman–Crippen MR) is 133 cm³/mol. The van der Waals surface area contributed by atoms with Gasteiger partial charge in [0.2, 0.25) is 0 Å². The summed E-state index contributed by atoms with van der Waals surface area (Å²) >= 11 is 0. The van der Waals surface area contributed by atoms with Gasteiger partial charge in [-0.25, -0.2) is 0 Å². The lowest BCUT2D eigenvalue weighted by Gasteiger charge is -2.26. The summed E-state index contributed by atoms with van der Waals surface area (Å²) in [7, 11) is 0. The monoisotopic (exact) mass is 470 g/mol. The lowest BCUT2D eigenvalue weighted by Crippen LogP contribution is -2.35. The van der Waals surface area contributed by atoms with Crippen molar-refractivity contribution in [3.8, 4) is 11.5 Å². The number of aromatic nitrogens is 2. The largest absolute Gasteiger partial charge is 0.508 e. The van der Waals surface area contributed by atoms with Crippen molar-refractivity contribution in [2.24, 2.45) is 0 Å². The fourth-order valence-electron chi connectivity index (χ4n) is 5.00. The fraction of sp³-hybridized carbons (Fsp3) is 0.250. The zero-order valence-electron chi connectivity index (χ0n) is 19.8. The van der Waals surface area contributed by atoms with Gasteiger partial charge in [-0.15, -0.1) is 0 Å². The van der Waals surface area contributed by atoms with Gasteiger partial charge in [0.25, 0.3) is 11.1 Å². The van der Waals surface area contributed by atoms with E-state index in [4.69, 9.17) is 4.74 Å². The van der Waals surface area contributed by atoms with Crippen LogP contribution in [0.25, 0.3) is 10.9 Å². The van der Waals surface area contributed by atoms with Gasteiger partial charge >= 0.3 is 5.97 Å². The van der Waals surface area contributed by atoms with Crippen LogP contribution in [-0.2, 0) is 17.8 Å². The number of aryl methyl sites for hydroxylation is 4. The van der Waals surface area contributed by atoms with Gasteiger partial charge in [-0.05, 0) is 68.0 Å². The Labute approximate surface area is 201 Å². The second-order valence-corrected chi connectivity index (χ2v) is 9.27. The molecule has 0 fully saturated rings. The van der Waals surface area contributed by atoms with Crippen molar-refractivity contribution in [2.45, 2.75) is 46.1 Å². The second-order valence-electron chi connectivity index (χ2n) is 9.27. The first-order chi connectivity index (χ1) is 16.7. The zero-order valence-corrected chi connectivity index (χ0v) is 19.8. The van der Waals surface area contributed by atoms with Gasteiger partial charge in [-0.2, -0.15) is 0 Å². The first-order valence-corrected chi connectivity index (χ1v) is 11.6. The van der Waals surface area contributed by atoms with E-state index in [9.17, 15) is 19.5 Å². The number of fused-ring (bicyclic) bond motifs is 2. The van der Waals surface area contributed by atoms with E-state index in [-0.39, 0.29) is 29.0 Å². The van der Waals surface area contributed by atoms with Crippen LogP contribution in [0, 0.1) is 20.8 Å². The summed E-state index contributed by atoms with van der Waals surface area (Å²) in [4.78, 5) is 42.3. The van der Waals surface area contributed by atoms with Crippen LogP contribution in [0.3, 0.4) is 0 Å². The number of hydrogen-bond donors (Lipinski definition) is 2. The second kappa shape index (κ2) is 8.58. The summed E-state index contributed by atoms with van der Waals surface area (Å²) in [5.74, 6) is -0.766. The third-order valence-electron chi connectivity index (χ3n) is 6.71. The first-order valence-electron chi connectivity index (χ1n) is 11.6. The molecule has 7 heteroatoms. The van der Waals surface area contributed by atoms with Crippen molar-refractivity contribution in [1.82, 2.24) is 9.55 Å². The number of aromatic amines is 1. The highest BCUT2D eigenvalue weighted by atomic mass is 16.5. The minimum Gasteiger partial charge on any atom is -0.508 e. The van der Waals surface area contributed by atoms with E-state index in [1.807, 2.05) is 38.1 Å². The van der Waals surface area contributed by atoms with Crippen molar-refractivity contribution >= 4 is 16.9 Å². The summed E-state index contributed by atoms with van der Waals surface area (Å²) in [6.45, 7) is 6.13. The Morgan fingerprint density at radius 2 is 1.77 bits per heavy atom. The number of H-pyrrole nitrogens is 1. The van der Waals surface area contributed by atoms with Crippen LogP contribution in [-0.4, -0.2) is 20.6 Å². The highest BCUT2D eigenvalue weighted by molar-refractivity contribution is 5.84. The number of ether oxygens (including phenoxy) is 1. The molecule has 0 radical (unpaired) electrons. The Morgan fingerprint density at radius 3 is 2.51 bits per heavy atom. The fourth-order valence-corrected chi connectivity index (χ4v) is 5.00. The number of benzene rings is 2. The summed E-state index contributed by atoms with van der Waals surface area (Å²) in [5.41, 5.74) is 4.54. The van der Waals surface area contributed by atoms with Gasteiger partial charge in [-0.3, -0.25) is 14.4 Å². The quantitative estimate of drug-likeness (QED) is 0.439. The van der Waals surface area contributed by atoms with Gasteiger partial charge in [-0.1, -0.05) is 23.8 Å². The molecule has 3 heterocycles. The highest BCUT2D eigenvalue weighted by Crippen LogP contribution is 2.36. The van der Waals surface area contributed by atoms with Crippen molar-refractivity contribution < 1.29 is 14.6 Å². The molecule has 2 aromatic heterocycles. The molecule has 2 aromatic carbocycles. The van der Waals surface area contributed by atoms with Gasteiger partial charge in [0, 0.05) is 29.8 Å². The van der Waals surface area contributed by atoms with Crippen molar-refractivity contribution in [2.75, 3.05) is 0 Å². The van der Waals surface area contributed by atoms with Gasteiger partial charge in [0.05, 0.1) is 17.5 Å². The van der Waals surface area contributed by atoms with Crippen LogP contribution in [0.15, 0.2) is 58.1 Å². The molecule has 0 aliphatic carbocycles. The van der Waals surface area contributed by atoms with E-state index in [1.54, 1.807) is 35.8 Å². The minimum absolute atomic E-state index is 0.0807. The van der Waals surface area contributed by atoms with Crippen LogP contribution < -0.4 is 15.9 Å². The molecule has 0 saturated carbocycles. The summed E-state index contributed by atoms with van der Waals surface area (Å²) in [6.07, 6.45) is 0.502. The van der Waals surface area contributed by atoms with Gasteiger partial charge in [0.15, 0.2) is 0 Å². The molecule has 1 aliphatic rings. The number of rotatable bonds is 4. The Bertz CT molecular complexity index is 1600. The van der Waals surface area contributed by atoms with Crippen LogP contribution in [0.4, 0.5) is 0 Å². The number of phenols is 1. The molecular weight excluding hydrogens is 444 g/mol. The van der Waals surface area contributed by atoms with E-state index in [0.29, 0.717) is 29.8 Å². The molecule has 178 valence electrons. The van der Waals surface area contributed by atoms with Gasteiger partial charge in [0.1, 0.15) is 11.5 Å². The van der Waals surface area contributed by atoms with E-state index in [0.717, 1.165) is 27.6 Å². The number of aromatic hydroxyl groups is 1. The molecule has 0 spiro atoms. The predicted octanol–water partition coefficient (Wildman–Crippen LogP) is 4.00. The summed E-state index contributed by atoms with van der Waals surface area (Å²) in [5, 5.41) is 10.4. The van der Waals surface area contributed by atoms with E-state index < -0.39 is 11.9 Å². The smallest absolute Gasteiger partial charge is 0.312 e. The van der Waals surface area contributed by atoms with Gasteiger partial charge < -0.3 is 19.4 Å². The van der Waals surface area contributed by atoms with Crippen molar-refractivity contribution in [3.05, 3.63) is 103 Å². The maximum atomic E-state index is 13.7. The van der Waals surface area contributed by atoms with Crippen LogP contribution >= 0.6 is 0 Å². The molecule has 1 aliphatic heterocycles. The molecular formula is C28H26N2O5. The molecule has 0 amide bonds. The summed E-state index contributed by atoms with van der Waals surface area (Å²) in [6, 6.07) is 14.3. The molecule has 1 atom stereocenters. The van der Waals surface area contributed by atoms with E-state index in [1.165, 1.54) is 0 Å². The molecule has 5 rings (SSSR count). The van der Waals surface area contributed by atoms with Crippen LogP contribution in [0.5, 0.6) is 11.5 Å². The Morgan fingerprint density at radius 1 is 1.03 bits per heavy atom. The Hall–Kier alpha value is -4.13.